The van der Waals surface area contributed by atoms with Crippen LogP contribution in [0.4, 0.5) is 4.79 Å². The van der Waals surface area contributed by atoms with Crippen LogP contribution < -0.4 is 5.01 Å². The smallest absolute Gasteiger partial charge is 0.426 e. The zero-order chi connectivity index (χ0) is 13.1. The number of rotatable bonds is 3. The molecule has 2 rings (SSSR count). The minimum atomic E-state index is -1.13. The predicted octanol–water partition coefficient (Wildman–Crippen LogP) is 1.96. The van der Waals surface area contributed by atoms with Gasteiger partial charge in [0.05, 0.1) is 0 Å². The molecule has 0 spiro atoms. The molecule has 1 aromatic carbocycles. The van der Waals surface area contributed by atoms with Crippen molar-refractivity contribution in [2.45, 2.75) is 0 Å². The average molecular weight is 244 g/mol. The van der Waals surface area contributed by atoms with Gasteiger partial charge in [-0.1, -0.05) is 30.3 Å². The first-order chi connectivity index (χ1) is 8.61. The number of carboxylic acid groups (broad SMARTS) is 1. The van der Waals surface area contributed by atoms with Gasteiger partial charge in [0.15, 0.2) is 0 Å². The molecule has 1 aromatic heterocycles. The molecule has 0 aliphatic carbocycles. The number of hydrogen-bond donors (Lipinski definition) is 1. The van der Waals surface area contributed by atoms with Crippen LogP contribution in [0.25, 0.3) is 0 Å². The molecule has 1 amide bonds. The number of hydrogen-bond acceptors (Lipinski definition) is 2. The van der Waals surface area contributed by atoms with Crippen molar-refractivity contribution in [1.82, 2.24) is 4.68 Å². The van der Waals surface area contributed by atoms with Crippen molar-refractivity contribution < 1.29 is 14.7 Å². The summed E-state index contributed by atoms with van der Waals surface area (Å²) in [6, 6.07) is 12.0. The number of aromatic nitrogens is 1. The molecule has 5 nitrogen and oxygen atoms in total. The van der Waals surface area contributed by atoms with E-state index < -0.39 is 6.09 Å². The van der Waals surface area contributed by atoms with Crippen LogP contribution in [0.3, 0.4) is 0 Å². The van der Waals surface area contributed by atoms with Crippen LogP contribution in [-0.2, 0) is 0 Å². The minimum absolute atomic E-state index is 0.214. The van der Waals surface area contributed by atoms with Crippen LogP contribution in [0.5, 0.6) is 0 Å². The minimum Gasteiger partial charge on any atom is -0.464 e. The van der Waals surface area contributed by atoms with Crippen LogP contribution >= 0.6 is 0 Å². The second kappa shape index (κ2) is 4.75. The molecule has 5 heteroatoms. The Bertz CT molecular complexity index is 575. The summed E-state index contributed by atoms with van der Waals surface area (Å²) < 4.78 is 1.30. The summed E-state index contributed by atoms with van der Waals surface area (Å²) in [5.41, 5.74) is 0.835. The van der Waals surface area contributed by atoms with Gasteiger partial charge in [0.1, 0.15) is 5.69 Å². The number of amides is 1. The summed E-state index contributed by atoms with van der Waals surface area (Å²) in [6.07, 6.45) is 0.401. The van der Waals surface area contributed by atoms with E-state index in [-0.39, 0.29) is 5.78 Å². The van der Waals surface area contributed by atoms with Gasteiger partial charge in [-0.3, -0.25) is 9.47 Å². The normalized spacial score (nSPS) is 10.1. The molecule has 0 saturated carbocycles. The maximum Gasteiger partial charge on any atom is 0.426 e. The highest BCUT2D eigenvalue weighted by atomic mass is 16.4. The van der Waals surface area contributed by atoms with Gasteiger partial charge >= 0.3 is 6.09 Å². The first kappa shape index (κ1) is 11.9. The van der Waals surface area contributed by atoms with E-state index in [1.165, 1.54) is 17.9 Å². The first-order valence-electron chi connectivity index (χ1n) is 5.35. The number of benzene rings is 1. The van der Waals surface area contributed by atoms with E-state index in [1.54, 1.807) is 36.4 Å². The maximum absolute atomic E-state index is 12.2. The number of ketones is 1. The standard InChI is InChI=1S/C13H12N2O3/c1-14(13(17)18)15-9-5-8-11(15)12(16)10-6-3-2-4-7-10/h2-9H,1H3,(H,17,18). The molecule has 0 fully saturated rings. The molecule has 0 radical (unpaired) electrons. The first-order valence-corrected chi connectivity index (χ1v) is 5.35. The van der Waals surface area contributed by atoms with Crippen LogP contribution in [0, 0.1) is 0 Å². The summed E-state index contributed by atoms with van der Waals surface area (Å²) in [6.45, 7) is 0. The molecule has 1 heterocycles. The third kappa shape index (κ3) is 2.10. The highest BCUT2D eigenvalue weighted by molar-refractivity contribution is 6.08. The van der Waals surface area contributed by atoms with Crippen LogP contribution in [0.15, 0.2) is 48.7 Å². The fourth-order valence-corrected chi connectivity index (χ4v) is 1.64. The Labute approximate surface area is 104 Å². The fourth-order valence-electron chi connectivity index (χ4n) is 1.64. The Morgan fingerprint density at radius 2 is 1.78 bits per heavy atom. The molecule has 2 aromatic rings. The van der Waals surface area contributed by atoms with Gasteiger partial charge in [0.25, 0.3) is 0 Å². The van der Waals surface area contributed by atoms with E-state index in [0.29, 0.717) is 11.3 Å². The zero-order valence-electron chi connectivity index (χ0n) is 9.78. The highest BCUT2D eigenvalue weighted by Gasteiger charge is 2.17. The molecule has 0 saturated heterocycles. The quantitative estimate of drug-likeness (QED) is 0.839. The van der Waals surface area contributed by atoms with E-state index in [2.05, 4.69) is 0 Å². The Morgan fingerprint density at radius 3 is 2.39 bits per heavy atom. The van der Waals surface area contributed by atoms with E-state index in [1.807, 2.05) is 6.07 Å². The number of carbonyl (C=O) groups excluding carboxylic acids is 1. The summed E-state index contributed by atoms with van der Waals surface area (Å²) in [7, 11) is 1.38. The summed E-state index contributed by atoms with van der Waals surface area (Å²) in [5, 5.41) is 9.88. The Morgan fingerprint density at radius 1 is 1.11 bits per heavy atom. The van der Waals surface area contributed by atoms with Gasteiger partial charge in [0.2, 0.25) is 5.78 Å². The Balaban J connectivity index is 2.38. The van der Waals surface area contributed by atoms with Crippen molar-refractivity contribution >= 4 is 11.9 Å². The summed E-state index contributed by atoms with van der Waals surface area (Å²) in [5.74, 6) is -0.214. The molecular weight excluding hydrogens is 232 g/mol. The van der Waals surface area contributed by atoms with Crippen molar-refractivity contribution in [3.8, 4) is 0 Å². The SMILES string of the molecule is CN(C(=O)O)n1cccc1C(=O)c1ccccc1. The lowest BCUT2D eigenvalue weighted by Gasteiger charge is -2.17. The van der Waals surface area contributed by atoms with E-state index in [0.717, 1.165) is 5.01 Å². The van der Waals surface area contributed by atoms with Crippen LogP contribution in [-0.4, -0.2) is 28.7 Å². The molecule has 92 valence electrons. The molecule has 0 unspecified atom stereocenters. The lowest BCUT2D eigenvalue weighted by atomic mass is 10.1. The van der Waals surface area contributed by atoms with Gasteiger partial charge in [-0.25, -0.2) is 9.80 Å². The van der Waals surface area contributed by atoms with Crippen molar-refractivity contribution in [2.75, 3.05) is 12.1 Å². The predicted molar refractivity (Wildman–Crippen MR) is 66.5 cm³/mol. The maximum atomic E-state index is 12.2. The molecular formula is C13H12N2O3. The highest BCUT2D eigenvalue weighted by Crippen LogP contribution is 2.11. The monoisotopic (exact) mass is 244 g/mol. The molecule has 18 heavy (non-hydrogen) atoms. The average Bonchev–Trinajstić information content (AvgIpc) is 2.87. The van der Waals surface area contributed by atoms with Crippen molar-refractivity contribution in [1.29, 1.82) is 0 Å². The zero-order valence-corrected chi connectivity index (χ0v) is 9.78. The van der Waals surface area contributed by atoms with Crippen LogP contribution in [0.2, 0.25) is 0 Å². The molecule has 1 N–H and O–H groups in total. The van der Waals surface area contributed by atoms with Gasteiger partial charge in [-0.2, -0.15) is 0 Å². The van der Waals surface area contributed by atoms with E-state index in [4.69, 9.17) is 5.11 Å². The lowest BCUT2D eigenvalue weighted by Crippen LogP contribution is -2.36. The molecule has 0 aliphatic rings. The van der Waals surface area contributed by atoms with Crippen LogP contribution in [0.1, 0.15) is 16.1 Å². The largest absolute Gasteiger partial charge is 0.464 e. The number of nitrogens with zero attached hydrogens (tertiary/aromatic N) is 2. The molecule has 0 atom stereocenters. The van der Waals surface area contributed by atoms with Crippen molar-refractivity contribution in [2.24, 2.45) is 0 Å². The lowest BCUT2D eigenvalue weighted by molar-refractivity contribution is 0.103. The summed E-state index contributed by atoms with van der Waals surface area (Å²) >= 11 is 0. The van der Waals surface area contributed by atoms with Gasteiger partial charge < -0.3 is 5.11 Å². The topological polar surface area (TPSA) is 62.5 Å². The Hall–Kier alpha value is -2.56. The van der Waals surface area contributed by atoms with Gasteiger partial charge in [0, 0.05) is 18.8 Å². The third-order valence-corrected chi connectivity index (χ3v) is 2.60. The Kier molecular flexibility index (Phi) is 3.14. The van der Waals surface area contributed by atoms with E-state index >= 15 is 0 Å². The molecule has 0 aliphatic heterocycles. The number of carbonyl (C=O) groups is 2. The van der Waals surface area contributed by atoms with Crippen molar-refractivity contribution in [3.63, 3.8) is 0 Å². The summed E-state index contributed by atoms with van der Waals surface area (Å²) in [4.78, 5) is 23.1. The van der Waals surface area contributed by atoms with Gasteiger partial charge in [-0.15, -0.1) is 0 Å². The fraction of sp³-hybridized carbons (Fsp3) is 0.0769. The van der Waals surface area contributed by atoms with Crippen molar-refractivity contribution in [3.05, 3.63) is 59.9 Å². The second-order valence-electron chi connectivity index (χ2n) is 3.74. The van der Waals surface area contributed by atoms with E-state index in [9.17, 15) is 9.59 Å². The molecule has 0 bridgehead atoms. The second-order valence-corrected chi connectivity index (χ2v) is 3.74. The third-order valence-electron chi connectivity index (χ3n) is 2.60. The van der Waals surface area contributed by atoms with Gasteiger partial charge in [-0.05, 0) is 12.1 Å².